The van der Waals surface area contributed by atoms with Crippen LogP contribution in [-0.2, 0) is 6.61 Å². The molecule has 0 spiro atoms. The SMILES string of the molecule is OCc1n[nH]c(=S)n1-c1ccc(Cl)c(Cl)c1. The lowest BCUT2D eigenvalue weighted by Gasteiger charge is -2.06. The lowest BCUT2D eigenvalue weighted by Crippen LogP contribution is -2.01. The molecule has 1 heterocycles. The summed E-state index contributed by atoms with van der Waals surface area (Å²) in [7, 11) is 0. The van der Waals surface area contributed by atoms with Crippen molar-refractivity contribution in [2.45, 2.75) is 6.61 Å². The molecule has 0 amide bonds. The lowest BCUT2D eigenvalue weighted by atomic mass is 10.3. The Labute approximate surface area is 106 Å². The van der Waals surface area contributed by atoms with E-state index < -0.39 is 0 Å². The third kappa shape index (κ3) is 1.99. The molecule has 0 saturated carbocycles. The molecule has 0 fully saturated rings. The summed E-state index contributed by atoms with van der Waals surface area (Å²) in [6, 6.07) is 5.07. The third-order valence-corrected chi connectivity index (χ3v) is 3.06. The molecule has 2 aromatic rings. The van der Waals surface area contributed by atoms with E-state index in [0.717, 1.165) is 0 Å². The van der Waals surface area contributed by atoms with Gasteiger partial charge in [0, 0.05) is 0 Å². The molecule has 0 radical (unpaired) electrons. The number of aliphatic hydroxyl groups excluding tert-OH is 1. The first-order valence-electron chi connectivity index (χ1n) is 4.36. The van der Waals surface area contributed by atoms with Crippen LogP contribution in [0.2, 0.25) is 10.0 Å². The Hall–Kier alpha value is -0.880. The standard InChI is InChI=1S/C9H7Cl2N3OS/c10-6-2-1-5(3-7(6)11)14-8(4-15)12-13-9(14)16/h1-3,15H,4H2,(H,13,16). The largest absolute Gasteiger partial charge is 0.388 e. The van der Waals surface area contributed by atoms with Gasteiger partial charge in [0.1, 0.15) is 6.61 Å². The smallest absolute Gasteiger partial charge is 0.199 e. The summed E-state index contributed by atoms with van der Waals surface area (Å²) >= 11 is 16.8. The second-order valence-electron chi connectivity index (χ2n) is 3.04. The van der Waals surface area contributed by atoms with Gasteiger partial charge in [0.15, 0.2) is 10.6 Å². The summed E-state index contributed by atoms with van der Waals surface area (Å²) in [6.45, 7) is -0.215. The van der Waals surface area contributed by atoms with Gasteiger partial charge < -0.3 is 5.11 Å². The van der Waals surface area contributed by atoms with Crippen LogP contribution in [0.5, 0.6) is 0 Å². The number of nitrogens with zero attached hydrogens (tertiary/aromatic N) is 2. The second kappa shape index (κ2) is 4.55. The van der Waals surface area contributed by atoms with Crippen LogP contribution in [0.25, 0.3) is 5.69 Å². The Bertz CT molecular complexity index is 578. The molecule has 0 bridgehead atoms. The van der Waals surface area contributed by atoms with E-state index in [-0.39, 0.29) is 6.61 Å². The van der Waals surface area contributed by atoms with Crippen LogP contribution in [0.3, 0.4) is 0 Å². The summed E-state index contributed by atoms with van der Waals surface area (Å²) in [4.78, 5) is 0. The molecule has 16 heavy (non-hydrogen) atoms. The number of aromatic nitrogens is 3. The van der Waals surface area contributed by atoms with Crippen LogP contribution in [0, 0.1) is 4.77 Å². The van der Waals surface area contributed by atoms with E-state index in [4.69, 9.17) is 40.5 Å². The Morgan fingerprint density at radius 3 is 2.75 bits per heavy atom. The summed E-state index contributed by atoms with van der Waals surface area (Å²) in [5.41, 5.74) is 0.706. The van der Waals surface area contributed by atoms with Crippen LogP contribution >= 0.6 is 35.4 Å². The highest BCUT2D eigenvalue weighted by atomic mass is 35.5. The third-order valence-electron chi connectivity index (χ3n) is 2.04. The van der Waals surface area contributed by atoms with Crippen LogP contribution in [-0.4, -0.2) is 19.9 Å². The van der Waals surface area contributed by atoms with Gasteiger partial charge in [-0.2, -0.15) is 5.10 Å². The highest BCUT2D eigenvalue weighted by molar-refractivity contribution is 7.71. The average Bonchev–Trinajstić information content (AvgIpc) is 2.64. The predicted molar refractivity (Wildman–Crippen MR) is 64.7 cm³/mol. The van der Waals surface area contributed by atoms with Gasteiger partial charge in [-0.3, -0.25) is 9.67 Å². The Morgan fingerprint density at radius 1 is 1.38 bits per heavy atom. The van der Waals surface area contributed by atoms with Crippen molar-refractivity contribution in [3.05, 3.63) is 38.8 Å². The second-order valence-corrected chi connectivity index (χ2v) is 4.24. The molecule has 4 nitrogen and oxygen atoms in total. The summed E-state index contributed by atoms with van der Waals surface area (Å²) in [5.74, 6) is 0.420. The van der Waals surface area contributed by atoms with E-state index in [1.165, 1.54) is 0 Å². The van der Waals surface area contributed by atoms with Crippen molar-refractivity contribution in [1.29, 1.82) is 0 Å². The van der Waals surface area contributed by atoms with Gasteiger partial charge in [-0.25, -0.2) is 0 Å². The molecule has 1 aromatic heterocycles. The normalized spacial score (nSPS) is 10.7. The average molecular weight is 276 g/mol. The molecule has 0 aliphatic carbocycles. The number of benzene rings is 1. The maximum Gasteiger partial charge on any atom is 0.199 e. The quantitative estimate of drug-likeness (QED) is 0.829. The Kier molecular flexibility index (Phi) is 3.30. The van der Waals surface area contributed by atoms with Crippen LogP contribution in [0.4, 0.5) is 0 Å². The number of hydrogen-bond acceptors (Lipinski definition) is 3. The topological polar surface area (TPSA) is 53.8 Å². The minimum absolute atomic E-state index is 0.215. The lowest BCUT2D eigenvalue weighted by molar-refractivity contribution is 0.269. The highest BCUT2D eigenvalue weighted by Crippen LogP contribution is 2.25. The van der Waals surface area contributed by atoms with Gasteiger partial charge in [-0.1, -0.05) is 23.2 Å². The van der Waals surface area contributed by atoms with E-state index in [2.05, 4.69) is 10.2 Å². The number of aromatic amines is 1. The van der Waals surface area contributed by atoms with Gasteiger partial charge in [0.2, 0.25) is 0 Å². The van der Waals surface area contributed by atoms with Gasteiger partial charge in [0.05, 0.1) is 15.7 Å². The Morgan fingerprint density at radius 2 is 2.12 bits per heavy atom. The van der Waals surface area contributed by atoms with Crippen LogP contribution < -0.4 is 0 Å². The van der Waals surface area contributed by atoms with Crippen molar-refractivity contribution in [1.82, 2.24) is 14.8 Å². The van der Waals surface area contributed by atoms with Crippen molar-refractivity contribution in [3.8, 4) is 5.69 Å². The highest BCUT2D eigenvalue weighted by Gasteiger charge is 2.08. The van der Waals surface area contributed by atoms with Crippen LogP contribution in [0.15, 0.2) is 18.2 Å². The minimum Gasteiger partial charge on any atom is -0.388 e. The molecule has 0 saturated heterocycles. The zero-order valence-corrected chi connectivity index (χ0v) is 10.3. The number of H-pyrrole nitrogens is 1. The molecule has 0 unspecified atom stereocenters. The van der Waals surface area contributed by atoms with E-state index in [0.29, 0.717) is 26.3 Å². The van der Waals surface area contributed by atoms with Crippen molar-refractivity contribution in [3.63, 3.8) is 0 Å². The maximum absolute atomic E-state index is 9.11. The number of rotatable bonds is 2. The van der Waals surface area contributed by atoms with Crippen molar-refractivity contribution in [2.24, 2.45) is 0 Å². The molecule has 2 rings (SSSR count). The van der Waals surface area contributed by atoms with Gasteiger partial charge >= 0.3 is 0 Å². The van der Waals surface area contributed by atoms with Gasteiger partial charge in [-0.05, 0) is 30.4 Å². The molecule has 84 valence electrons. The molecule has 0 atom stereocenters. The van der Waals surface area contributed by atoms with Crippen molar-refractivity contribution < 1.29 is 5.11 Å². The van der Waals surface area contributed by atoms with Crippen molar-refractivity contribution in [2.75, 3.05) is 0 Å². The number of hydrogen-bond donors (Lipinski definition) is 2. The number of aliphatic hydroxyl groups is 1. The van der Waals surface area contributed by atoms with E-state index >= 15 is 0 Å². The molecule has 1 aromatic carbocycles. The molecule has 0 aliphatic heterocycles. The fourth-order valence-corrected chi connectivity index (χ4v) is 1.87. The summed E-state index contributed by atoms with van der Waals surface area (Å²) in [5, 5.41) is 16.5. The maximum atomic E-state index is 9.11. The molecule has 0 aliphatic rings. The number of halogens is 2. The zero-order chi connectivity index (χ0) is 11.7. The molecule has 7 heteroatoms. The monoisotopic (exact) mass is 275 g/mol. The number of nitrogens with one attached hydrogen (secondary N) is 1. The van der Waals surface area contributed by atoms with Crippen molar-refractivity contribution >= 4 is 35.4 Å². The van der Waals surface area contributed by atoms with E-state index in [9.17, 15) is 0 Å². The summed E-state index contributed by atoms with van der Waals surface area (Å²) in [6.07, 6.45) is 0. The fraction of sp³-hybridized carbons (Fsp3) is 0.111. The fourth-order valence-electron chi connectivity index (χ4n) is 1.33. The van der Waals surface area contributed by atoms with Crippen LogP contribution in [0.1, 0.15) is 5.82 Å². The predicted octanol–water partition coefficient (Wildman–Crippen LogP) is 2.73. The van der Waals surface area contributed by atoms with Gasteiger partial charge in [-0.15, -0.1) is 0 Å². The Balaban J connectivity index is 2.62. The minimum atomic E-state index is -0.215. The molecule has 2 N–H and O–H groups in total. The first-order valence-corrected chi connectivity index (χ1v) is 5.52. The molecular weight excluding hydrogens is 269 g/mol. The first kappa shape index (κ1) is 11.6. The van der Waals surface area contributed by atoms with E-state index in [1.54, 1.807) is 22.8 Å². The first-order chi connectivity index (χ1) is 7.63. The van der Waals surface area contributed by atoms with E-state index in [1.807, 2.05) is 0 Å². The zero-order valence-electron chi connectivity index (χ0n) is 7.94. The molecular formula is C9H7Cl2N3OS. The summed E-state index contributed by atoms with van der Waals surface area (Å²) < 4.78 is 1.99. The van der Waals surface area contributed by atoms with Gasteiger partial charge in [0.25, 0.3) is 0 Å².